The number of fused-ring (bicyclic) bond motifs is 1. The molecule has 6 nitrogen and oxygen atoms in total. The molecule has 0 spiro atoms. The number of nitrogens with zero attached hydrogens (tertiary/aromatic N) is 1. The third-order valence-corrected chi connectivity index (χ3v) is 4.01. The maximum absolute atomic E-state index is 11.9. The van der Waals surface area contributed by atoms with Gasteiger partial charge in [0.15, 0.2) is 11.5 Å². The lowest BCUT2D eigenvalue weighted by Gasteiger charge is -2.10. The van der Waals surface area contributed by atoms with Gasteiger partial charge in [0.25, 0.3) is 0 Å². The normalized spacial score (nSPS) is 10.7. The monoisotopic (exact) mass is 353 g/mol. The number of carbonyl (C=O) groups excluding carboxylic acids is 1. The molecule has 6 heteroatoms. The maximum atomic E-state index is 11.9. The van der Waals surface area contributed by atoms with Gasteiger partial charge in [-0.15, -0.1) is 0 Å². The number of rotatable bonds is 9. The van der Waals surface area contributed by atoms with Crippen LogP contribution in [0.3, 0.4) is 0 Å². The number of nitrogens with one attached hydrogen (secondary N) is 2. The average Bonchev–Trinajstić information content (AvgIpc) is 3.08. The van der Waals surface area contributed by atoms with Crippen LogP contribution in [0.5, 0.6) is 11.5 Å². The van der Waals surface area contributed by atoms with Gasteiger partial charge in [-0.3, -0.25) is 4.79 Å². The van der Waals surface area contributed by atoms with Crippen molar-refractivity contribution < 1.29 is 14.3 Å². The molecular formula is C20H23N3O3. The Kier molecular flexibility index (Phi) is 6.09. The summed E-state index contributed by atoms with van der Waals surface area (Å²) in [5, 5.41) is 2.91. The van der Waals surface area contributed by atoms with Gasteiger partial charge in [0.1, 0.15) is 5.82 Å². The van der Waals surface area contributed by atoms with E-state index in [0.717, 1.165) is 29.7 Å². The summed E-state index contributed by atoms with van der Waals surface area (Å²) in [7, 11) is 1.59. The first kappa shape index (κ1) is 17.8. The molecule has 0 aliphatic carbocycles. The molecule has 0 bridgehead atoms. The predicted molar refractivity (Wildman–Crippen MR) is 101 cm³/mol. The Morgan fingerprint density at radius 2 is 1.88 bits per heavy atom. The van der Waals surface area contributed by atoms with E-state index in [2.05, 4.69) is 15.3 Å². The number of aryl methyl sites for hydroxylation is 1. The minimum Gasteiger partial charge on any atom is -0.493 e. The first-order valence-corrected chi connectivity index (χ1v) is 8.72. The number of para-hydroxylation sites is 4. The lowest BCUT2D eigenvalue weighted by atomic mass is 10.3. The van der Waals surface area contributed by atoms with Gasteiger partial charge in [-0.25, -0.2) is 4.98 Å². The molecule has 26 heavy (non-hydrogen) atoms. The third kappa shape index (κ3) is 4.75. The van der Waals surface area contributed by atoms with E-state index in [4.69, 9.17) is 9.47 Å². The number of imidazole rings is 1. The van der Waals surface area contributed by atoms with Crippen LogP contribution in [-0.4, -0.2) is 36.1 Å². The molecule has 2 N–H and O–H groups in total. The van der Waals surface area contributed by atoms with Crippen molar-refractivity contribution in [3.05, 3.63) is 54.4 Å². The largest absolute Gasteiger partial charge is 0.493 e. The molecule has 0 saturated carbocycles. The van der Waals surface area contributed by atoms with Gasteiger partial charge in [-0.1, -0.05) is 24.3 Å². The molecule has 136 valence electrons. The summed E-state index contributed by atoms with van der Waals surface area (Å²) in [6.45, 7) is 0.931. The molecule has 0 aliphatic rings. The van der Waals surface area contributed by atoms with Gasteiger partial charge in [0, 0.05) is 13.0 Å². The highest BCUT2D eigenvalue weighted by molar-refractivity contribution is 5.76. The zero-order chi connectivity index (χ0) is 18.2. The summed E-state index contributed by atoms with van der Waals surface area (Å²) in [4.78, 5) is 19.7. The fraction of sp³-hybridized carbons (Fsp3) is 0.300. The van der Waals surface area contributed by atoms with Crippen LogP contribution in [0.2, 0.25) is 0 Å². The molecule has 2 aromatic carbocycles. The molecule has 3 aromatic rings. The van der Waals surface area contributed by atoms with Crippen molar-refractivity contribution in [1.82, 2.24) is 15.3 Å². The van der Waals surface area contributed by atoms with Gasteiger partial charge < -0.3 is 19.8 Å². The van der Waals surface area contributed by atoms with E-state index in [9.17, 15) is 4.79 Å². The summed E-state index contributed by atoms with van der Waals surface area (Å²) in [6, 6.07) is 15.3. The van der Waals surface area contributed by atoms with E-state index in [1.807, 2.05) is 48.5 Å². The number of hydrogen-bond donors (Lipinski definition) is 2. The first-order chi connectivity index (χ1) is 12.8. The van der Waals surface area contributed by atoms with E-state index in [0.29, 0.717) is 31.1 Å². The fourth-order valence-corrected chi connectivity index (χ4v) is 2.69. The Morgan fingerprint density at radius 1 is 1.12 bits per heavy atom. The van der Waals surface area contributed by atoms with Crippen LogP contribution in [0.15, 0.2) is 48.5 Å². The maximum Gasteiger partial charge on any atom is 0.223 e. The second kappa shape index (κ2) is 8.89. The minimum absolute atomic E-state index is 0.0236. The number of methoxy groups -OCH3 is 1. The van der Waals surface area contributed by atoms with Crippen molar-refractivity contribution >= 4 is 16.9 Å². The molecule has 0 aliphatic heterocycles. The Balaban J connectivity index is 1.34. The number of aromatic amines is 1. The summed E-state index contributed by atoms with van der Waals surface area (Å²) in [5.41, 5.74) is 2.01. The lowest BCUT2D eigenvalue weighted by Crippen LogP contribution is -2.26. The number of benzene rings is 2. The zero-order valence-corrected chi connectivity index (χ0v) is 14.8. The number of aromatic nitrogens is 2. The Hall–Kier alpha value is -3.02. The molecular weight excluding hydrogens is 330 g/mol. The second-order valence-electron chi connectivity index (χ2n) is 5.90. The van der Waals surface area contributed by atoms with E-state index < -0.39 is 0 Å². The van der Waals surface area contributed by atoms with E-state index in [-0.39, 0.29) is 5.91 Å². The number of hydrogen-bond acceptors (Lipinski definition) is 4. The number of ether oxygens (including phenoxy) is 2. The first-order valence-electron chi connectivity index (χ1n) is 8.72. The molecule has 0 fully saturated rings. The molecule has 0 saturated heterocycles. The molecule has 0 radical (unpaired) electrons. The smallest absolute Gasteiger partial charge is 0.223 e. The molecule has 3 rings (SSSR count). The highest BCUT2D eigenvalue weighted by Gasteiger charge is 2.06. The number of amides is 1. The van der Waals surface area contributed by atoms with Crippen molar-refractivity contribution in [1.29, 1.82) is 0 Å². The Labute approximate surface area is 152 Å². The molecule has 0 atom stereocenters. The molecule has 1 heterocycles. The van der Waals surface area contributed by atoms with Crippen LogP contribution in [0.4, 0.5) is 0 Å². The second-order valence-corrected chi connectivity index (χ2v) is 5.90. The molecule has 1 amide bonds. The topological polar surface area (TPSA) is 76.2 Å². The van der Waals surface area contributed by atoms with Crippen molar-refractivity contribution in [3.8, 4) is 11.5 Å². The van der Waals surface area contributed by atoms with Crippen molar-refractivity contribution in [2.45, 2.75) is 19.3 Å². The van der Waals surface area contributed by atoms with Crippen molar-refractivity contribution in [2.75, 3.05) is 20.3 Å². The predicted octanol–water partition coefficient (Wildman–Crippen LogP) is 3.09. The number of H-pyrrole nitrogens is 1. The SMILES string of the molecule is COc1ccccc1OCCC(=O)NCCCc1nc2ccccc2[nH]1. The quantitative estimate of drug-likeness (QED) is 0.580. The average molecular weight is 353 g/mol. The fourth-order valence-electron chi connectivity index (χ4n) is 2.69. The highest BCUT2D eigenvalue weighted by atomic mass is 16.5. The van der Waals surface area contributed by atoms with Gasteiger partial charge in [-0.05, 0) is 30.7 Å². The Bertz CT molecular complexity index is 827. The van der Waals surface area contributed by atoms with E-state index in [1.165, 1.54) is 0 Å². The zero-order valence-electron chi connectivity index (χ0n) is 14.8. The minimum atomic E-state index is -0.0236. The Morgan fingerprint density at radius 3 is 2.69 bits per heavy atom. The standard InChI is InChI=1S/C20H23N3O3/c1-25-17-9-4-5-10-18(17)26-14-12-20(24)21-13-6-11-19-22-15-7-2-3-8-16(15)23-19/h2-5,7-10H,6,11-14H2,1H3,(H,21,24)(H,22,23). The molecule has 0 unspecified atom stereocenters. The van der Waals surface area contributed by atoms with Crippen LogP contribution in [0.25, 0.3) is 11.0 Å². The lowest BCUT2D eigenvalue weighted by molar-refractivity contribution is -0.121. The van der Waals surface area contributed by atoms with E-state index >= 15 is 0 Å². The van der Waals surface area contributed by atoms with Crippen molar-refractivity contribution in [3.63, 3.8) is 0 Å². The summed E-state index contributed by atoms with van der Waals surface area (Å²) >= 11 is 0. The van der Waals surface area contributed by atoms with Crippen LogP contribution in [-0.2, 0) is 11.2 Å². The molecule has 1 aromatic heterocycles. The van der Waals surface area contributed by atoms with E-state index in [1.54, 1.807) is 7.11 Å². The highest BCUT2D eigenvalue weighted by Crippen LogP contribution is 2.25. The number of carbonyl (C=O) groups is 1. The van der Waals surface area contributed by atoms with Gasteiger partial charge >= 0.3 is 0 Å². The summed E-state index contributed by atoms with van der Waals surface area (Å²) in [5.74, 6) is 2.23. The van der Waals surface area contributed by atoms with Gasteiger partial charge in [0.2, 0.25) is 5.91 Å². The third-order valence-electron chi connectivity index (χ3n) is 4.01. The summed E-state index contributed by atoms with van der Waals surface area (Å²) in [6.07, 6.45) is 1.94. The van der Waals surface area contributed by atoms with Crippen LogP contribution in [0.1, 0.15) is 18.7 Å². The summed E-state index contributed by atoms with van der Waals surface area (Å²) < 4.78 is 10.8. The van der Waals surface area contributed by atoms with Gasteiger partial charge in [0.05, 0.1) is 31.2 Å². The van der Waals surface area contributed by atoms with Crippen LogP contribution >= 0.6 is 0 Å². The van der Waals surface area contributed by atoms with Crippen molar-refractivity contribution in [2.24, 2.45) is 0 Å². The van der Waals surface area contributed by atoms with Crippen LogP contribution < -0.4 is 14.8 Å². The van der Waals surface area contributed by atoms with Gasteiger partial charge in [-0.2, -0.15) is 0 Å². The van der Waals surface area contributed by atoms with Crippen LogP contribution in [0, 0.1) is 0 Å².